The van der Waals surface area contributed by atoms with Crippen molar-refractivity contribution in [3.8, 4) is 5.75 Å². The zero-order valence-electron chi connectivity index (χ0n) is 8.15. The van der Waals surface area contributed by atoms with E-state index in [0.29, 0.717) is 5.75 Å². The maximum Gasteiger partial charge on any atom is 0.171 e. The predicted octanol–water partition coefficient (Wildman–Crippen LogP) is 1.30. The molecule has 0 spiro atoms. The second-order valence-corrected chi connectivity index (χ2v) is 4.45. The van der Waals surface area contributed by atoms with Crippen LogP contribution in [0.1, 0.15) is 0 Å². The number of hydrogen-bond donors (Lipinski definition) is 2. The Morgan fingerprint density at radius 3 is 2.93 bits per heavy atom. The molecule has 0 aliphatic carbocycles. The van der Waals surface area contributed by atoms with E-state index < -0.39 is 0 Å². The molecule has 3 N–H and O–H groups in total. The number of nitrogens with one attached hydrogen (secondary N) is 1. The first-order chi connectivity index (χ1) is 6.72. The van der Waals surface area contributed by atoms with Crippen molar-refractivity contribution in [2.24, 2.45) is 5.90 Å². The molecule has 2 rings (SSSR count). The standard InChI is InChI=1S/C9H13N3OS/c1-12(2)9-11-8-6(13-10)4-3-5-7(8)14-9/h3-5,9,11H,10H2,1-2H3. The van der Waals surface area contributed by atoms with Gasteiger partial charge in [0.05, 0.1) is 5.69 Å². The maximum atomic E-state index is 5.18. The average molecular weight is 211 g/mol. The molecule has 0 aromatic heterocycles. The van der Waals surface area contributed by atoms with Crippen LogP contribution in [0.2, 0.25) is 0 Å². The van der Waals surface area contributed by atoms with Crippen molar-refractivity contribution in [1.82, 2.24) is 4.90 Å². The molecule has 5 heteroatoms. The maximum absolute atomic E-state index is 5.18. The summed E-state index contributed by atoms with van der Waals surface area (Å²) >= 11 is 1.75. The summed E-state index contributed by atoms with van der Waals surface area (Å²) in [6.45, 7) is 0. The molecule has 14 heavy (non-hydrogen) atoms. The summed E-state index contributed by atoms with van der Waals surface area (Å²) in [6.07, 6.45) is 0. The van der Waals surface area contributed by atoms with Crippen LogP contribution >= 0.6 is 11.8 Å². The normalized spacial score (nSPS) is 19.3. The molecule has 4 nitrogen and oxygen atoms in total. The minimum Gasteiger partial charge on any atom is -0.409 e. The van der Waals surface area contributed by atoms with Crippen LogP contribution in [-0.4, -0.2) is 24.5 Å². The second-order valence-electron chi connectivity index (χ2n) is 3.33. The number of nitrogens with zero attached hydrogens (tertiary/aromatic N) is 1. The van der Waals surface area contributed by atoms with Gasteiger partial charge in [0.2, 0.25) is 0 Å². The number of benzene rings is 1. The van der Waals surface area contributed by atoms with E-state index in [2.05, 4.69) is 16.3 Å². The Kier molecular flexibility index (Phi) is 2.54. The van der Waals surface area contributed by atoms with Gasteiger partial charge in [-0.25, -0.2) is 0 Å². The fraction of sp³-hybridized carbons (Fsp3) is 0.333. The zero-order chi connectivity index (χ0) is 10.1. The molecule has 1 aliphatic heterocycles. The monoisotopic (exact) mass is 211 g/mol. The quantitative estimate of drug-likeness (QED) is 0.722. The Morgan fingerprint density at radius 2 is 2.29 bits per heavy atom. The molecule has 76 valence electrons. The van der Waals surface area contributed by atoms with E-state index in [1.807, 2.05) is 26.2 Å². The van der Waals surface area contributed by atoms with Crippen LogP contribution in [0, 0.1) is 0 Å². The van der Waals surface area contributed by atoms with Crippen molar-refractivity contribution in [1.29, 1.82) is 0 Å². The van der Waals surface area contributed by atoms with Crippen molar-refractivity contribution in [3.63, 3.8) is 0 Å². The highest BCUT2D eigenvalue weighted by atomic mass is 32.2. The van der Waals surface area contributed by atoms with Gasteiger partial charge in [0.1, 0.15) is 5.50 Å². The summed E-state index contributed by atoms with van der Waals surface area (Å²) in [6, 6.07) is 5.84. The highest BCUT2D eigenvalue weighted by Crippen LogP contribution is 2.43. The molecule has 1 aliphatic rings. The Balaban J connectivity index is 2.30. The molecule has 1 unspecified atom stereocenters. The molecular formula is C9H13N3OS. The first kappa shape index (κ1) is 9.64. The lowest BCUT2D eigenvalue weighted by molar-refractivity contribution is 0.334. The third kappa shape index (κ3) is 1.54. The lowest BCUT2D eigenvalue weighted by Gasteiger charge is -2.18. The summed E-state index contributed by atoms with van der Waals surface area (Å²) in [5.74, 6) is 5.88. The molecule has 1 aromatic rings. The number of anilines is 1. The highest BCUT2D eigenvalue weighted by molar-refractivity contribution is 8.00. The van der Waals surface area contributed by atoms with Crippen molar-refractivity contribution in [2.75, 3.05) is 19.4 Å². The van der Waals surface area contributed by atoms with E-state index in [0.717, 1.165) is 5.69 Å². The van der Waals surface area contributed by atoms with Gasteiger partial charge in [-0.15, -0.1) is 0 Å². The second kappa shape index (κ2) is 3.68. The van der Waals surface area contributed by atoms with Crippen LogP contribution in [0.4, 0.5) is 5.69 Å². The summed E-state index contributed by atoms with van der Waals surface area (Å²) in [4.78, 5) is 8.07. The van der Waals surface area contributed by atoms with Crippen LogP contribution in [0.3, 0.4) is 0 Å². The van der Waals surface area contributed by atoms with Gasteiger partial charge in [-0.2, -0.15) is 5.90 Å². The van der Waals surface area contributed by atoms with Gasteiger partial charge in [-0.1, -0.05) is 17.8 Å². The van der Waals surface area contributed by atoms with E-state index in [1.165, 1.54) is 4.90 Å². The number of fused-ring (bicyclic) bond motifs is 1. The van der Waals surface area contributed by atoms with Gasteiger partial charge in [0.25, 0.3) is 0 Å². The Hall–Kier alpha value is -0.910. The fourth-order valence-electron chi connectivity index (χ4n) is 1.36. The summed E-state index contributed by atoms with van der Waals surface area (Å²) in [5, 5.41) is 3.34. The number of rotatable bonds is 2. The van der Waals surface area contributed by atoms with E-state index in [9.17, 15) is 0 Å². The molecular weight excluding hydrogens is 198 g/mol. The van der Waals surface area contributed by atoms with E-state index in [4.69, 9.17) is 10.7 Å². The lowest BCUT2D eigenvalue weighted by Crippen LogP contribution is -2.29. The molecule has 0 radical (unpaired) electrons. The number of nitrogens with two attached hydrogens (primary N) is 1. The first-order valence-corrected chi connectivity index (χ1v) is 5.19. The predicted molar refractivity (Wildman–Crippen MR) is 58.2 cm³/mol. The van der Waals surface area contributed by atoms with Crippen LogP contribution in [0.15, 0.2) is 23.1 Å². The van der Waals surface area contributed by atoms with E-state index in [1.54, 1.807) is 11.8 Å². The third-order valence-electron chi connectivity index (χ3n) is 2.09. The minimum atomic E-state index is 0.251. The molecule has 0 bridgehead atoms. The van der Waals surface area contributed by atoms with Gasteiger partial charge >= 0.3 is 0 Å². The van der Waals surface area contributed by atoms with Crippen molar-refractivity contribution < 1.29 is 4.84 Å². The Morgan fingerprint density at radius 1 is 1.50 bits per heavy atom. The van der Waals surface area contributed by atoms with Crippen LogP contribution in [0.25, 0.3) is 0 Å². The number of hydrogen-bond acceptors (Lipinski definition) is 5. The molecule has 1 aromatic carbocycles. The van der Waals surface area contributed by atoms with Crippen LogP contribution in [0.5, 0.6) is 5.75 Å². The summed E-state index contributed by atoms with van der Waals surface area (Å²) < 4.78 is 0. The Labute approximate surface area is 87.4 Å². The van der Waals surface area contributed by atoms with Crippen molar-refractivity contribution in [2.45, 2.75) is 10.4 Å². The molecule has 0 saturated heterocycles. The number of thioether (sulfide) groups is 1. The average Bonchev–Trinajstić information content (AvgIpc) is 2.60. The first-order valence-electron chi connectivity index (χ1n) is 4.31. The van der Waals surface area contributed by atoms with Crippen molar-refractivity contribution >= 4 is 17.4 Å². The highest BCUT2D eigenvalue weighted by Gasteiger charge is 2.25. The minimum absolute atomic E-state index is 0.251. The Bertz CT molecular complexity index is 343. The zero-order valence-corrected chi connectivity index (χ0v) is 8.97. The van der Waals surface area contributed by atoms with Gasteiger partial charge in [-0.3, -0.25) is 4.90 Å². The summed E-state index contributed by atoms with van der Waals surface area (Å²) in [7, 11) is 4.05. The molecule has 0 fully saturated rings. The van der Waals surface area contributed by atoms with Gasteiger partial charge in [-0.05, 0) is 26.2 Å². The summed E-state index contributed by atoms with van der Waals surface area (Å²) in [5.41, 5.74) is 1.24. The van der Waals surface area contributed by atoms with Gasteiger partial charge in [0.15, 0.2) is 5.75 Å². The SMILES string of the molecule is CN(C)C1Nc2c(ON)cccc2S1. The fourth-order valence-corrected chi connectivity index (χ4v) is 2.42. The van der Waals surface area contributed by atoms with Crippen LogP contribution < -0.4 is 16.1 Å². The third-order valence-corrected chi connectivity index (χ3v) is 3.45. The lowest BCUT2D eigenvalue weighted by atomic mass is 10.3. The van der Waals surface area contributed by atoms with Gasteiger partial charge < -0.3 is 10.2 Å². The molecule has 1 heterocycles. The smallest absolute Gasteiger partial charge is 0.171 e. The topological polar surface area (TPSA) is 50.5 Å². The van der Waals surface area contributed by atoms with Crippen molar-refractivity contribution in [3.05, 3.63) is 18.2 Å². The van der Waals surface area contributed by atoms with Crippen LogP contribution in [-0.2, 0) is 0 Å². The van der Waals surface area contributed by atoms with E-state index >= 15 is 0 Å². The molecule has 0 saturated carbocycles. The van der Waals surface area contributed by atoms with Gasteiger partial charge in [0, 0.05) is 4.90 Å². The largest absolute Gasteiger partial charge is 0.409 e. The molecule has 0 amide bonds. The molecule has 1 atom stereocenters. The van der Waals surface area contributed by atoms with E-state index in [-0.39, 0.29) is 5.50 Å². The number of para-hydroxylation sites is 1.